The molecule has 0 fully saturated rings. The van der Waals surface area contributed by atoms with Gasteiger partial charge in [0.05, 0.1) is 0 Å². The van der Waals surface area contributed by atoms with Crippen LogP contribution in [0.5, 0.6) is 34.5 Å². The number of aromatic nitrogens is 6. The molecule has 0 aliphatic carbocycles. The standard InChI is InChI=1S/C30H18N9O6P3/c1-7-19-25(31-13-1)26-20(8-2-14-32-26)41-46(40-19)37-47(42-21-9-3-15-33-27(21)28-22(43-47)10-4-16-34-28)39-48(38-46)44-23-11-5-17-35-29(23)30-24(45-48)12-6-18-36-30/h1-18H. The minimum atomic E-state index is -3.95. The average molecular weight is 693 g/mol. The molecular weight excluding hydrogens is 675 g/mol. The topological polar surface area (TPSA) is 170 Å². The SMILES string of the molecule is c1cnc2c(c1)OP1(=NP3(=NP4(=N1)Oc1cccnc1-c1ncccc1O4)Oc1cccnc1-c1ncccc1O3)Oc1cccnc1-2. The van der Waals surface area contributed by atoms with Gasteiger partial charge in [-0.15, -0.1) is 0 Å². The Morgan fingerprint density at radius 1 is 0.292 bits per heavy atom. The lowest BCUT2D eigenvalue weighted by atomic mass is 10.2. The molecule has 0 atom stereocenters. The van der Waals surface area contributed by atoms with Crippen molar-refractivity contribution in [3.8, 4) is 68.7 Å². The van der Waals surface area contributed by atoms with Crippen LogP contribution in [0, 0.1) is 0 Å². The Hall–Kier alpha value is -5.61. The molecule has 4 aliphatic heterocycles. The fourth-order valence-electron chi connectivity index (χ4n) is 5.38. The van der Waals surface area contributed by atoms with Crippen molar-refractivity contribution in [1.29, 1.82) is 0 Å². The Labute approximate surface area is 271 Å². The maximum atomic E-state index is 6.72. The van der Waals surface area contributed by atoms with Crippen LogP contribution in [0.3, 0.4) is 0 Å². The van der Waals surface area contributed by atoms with Crippen molar-refractivity contribution in [2.45, 2.75) is 0 Å². The number of fused-ring (bicyclic) bond motifs is 9. The van der Waals surface area contributed by atoms with E-state index >= 15 is 0 Å². The summed E-state index contributed by atoms with van der Waals surface area (Å²) in [7, 11) is -11.9. The second-order valence-electron chi connectivity index (χ2n) is 10.4. The van der Waals surface area contributed by atoms with E-state index in [1.165, 1.54) is 0 Å². The van der Waals surface area contributed by atoms with Gasteiger partial charge < -0.3 is 27.1 Å². The molecule has 0 unspecified atom stereocenters. The molecule has 0 aromatic carbocycles. The van der Waals surface area contributed by atoms with Crippen LogP contribution in [-0.2, 0) is 0 Å². The third kappa shape index (κ3) is 4.32. The molecule has 6 aromatic heterocycles. The fraction of sp³-hybridized carbons (Fsp3) is 0. The first-order valence-corrected chi connectivity index (χ1v) is 19.0. The van der Waals surface area contributed by atoms with Crippen molar-refractivity contribution in [3.63, 3.8) is 0 Å². The third-order valence-electron chi connectivity index (χ3n) is 7.28. The predicted molar refractivity (Wildman–Crippen MR) is 174 cm³/mol. The molecule has 0 saturated heterocycles. The molecular formula is C30H18N9O6P3. The number of nitrogens with zero attached hydrogens (tertiary/aromatic N) is 9. The van der Waals surface area contributed by atoms with Gasteiger partial charge in [0.15, 0.2) is 34.5 Å². The molecule has 6 aromatic rings. The maximum absolute atomic E-state index is 6.72. The lowest BCUT2D eigenvalue weighted by Crippen LogP contribution is -2.10. The number of hydrogen-bond acceptors (Lipinski definition) is 15. The second-order valence-corrected chi connectivity index (χ2v) is 16.6. The largest absolute Gasteiger partial charge is 0.461 e. The first kappa shape index (κ1) is 27.5. The zero-order valence-electron chi connectivity index (χ0n) is 24.2. The predicted octanol–water partition coefficient (Wildman–Crippen LogP) is 8.62. The van der Waals surface area contributed by atoms with Crippen LogP contribution in [0.2, 0.25) is 0 Å². The molecule has 0 amide bonds. The van der Waals surface area contributed by atoms with Crippen LogP contribution in [0.15, 0.2) is 124 Å². The number of pyridine rings is 6. The lowest BCUT2D eigenvalue weighted by Gasteiger charge is -2.31. The van der Waals surface area contributed by atoms with Crippen LogP contribution in [-0.4, -0.2) is 29.9 Å². The summed E-state index contributed by atoms with van der Waals surface area (Å²) < 4.78 is 55.6. The van der Waals surface area contributed by atoms with Crippen molar-refractivity contribution >= 4 is 23.0 Å². The highest BCUT2D eigenvalue weighted by atomic mass is 31.3. The van der Waals surface area contributed by atoms with Crippen LogP contribution >= 0.6 is 23.0 Å². The normalized spacial score (nSPS) is 17.5. The van der Waals surface area contributed by atoms with Gasteiger partial charge in [0, 0.05) is 37.2 Å². The summed E-state index contributed by atoms with van der Waals surface area (Å²) in [6.45, 7) is 0. The van der Waals surface area contributed by atoms with Gasteiger partial charge in [-0.2, -0.15) is 0 Å². The molecule has 0 saturated carbocycles. The highest BCUT2D eigenvalue weighted by Crippen LogP contribution is 2.80. The van der Waals surface area contributed by atoms with Crippen molar-refractivity contribution in [2.75, 3.05) is 0 Å². The van der Waals surface area contributed by atoms with E-state index in [1.54, 1.807) is 110 Å². The molecule has 10 rings (SSSR count). The van der Waals surface area contributed by atoms with Crippen molar-refractivity contribution in [1.82, 2.24) is 29.9 Å². The van der Waals surface area contributed by atoms with Crippen LogP contribution < -0.4 is 27.1 Å². The third-order valence-corrected chi connectivity index (χ3v) is 15.3. The van der Waals surface area contributed by atoms with Gasteiger partial charge >= 0.3 is 23.0 Å². The van der Waals surface area contributed by atoms with Gasteiger partial charge in [-0.1, -0.05) is 13.5 Å². The quantitative estimate of drug-likeness (QED) is 0.139. The Bertz CT molecular complexity index is 2070. The van der Waals surface area contributed by atoms with E-state index in [4.69, 9.17) is 40.7 Å². The van der Waals surface area contributed by atoms with Crippen LogP contribution in [0.25, 0.3) is 34.2 Å². The second kappa shape index (κ2) is 10.2. The van der Waals surface area contributed by atoms with E-state index in [-0.39, 0.29) is 0 Å². The van der Waals surface area contributed by atoms with E-state index < -0.39 is 23.0 Å². The van der Waals surface area contributed by atoms with E-state index in [0.717, 1.165) is 0 Å². The molecule has 3 spiro atoms. The summed E-state index contributed by atoms with van der Waals surface area (Å²) >= 11 is 0. The van der Waals surface area contributed by atoms with Crippen molar-refractivity contribution in [3.05, 3.63) is 110 Å². The number of rotatable bonds is 0. The molecule has 48 heavy (non-hydrogen) atoms. The number of hydrogen-bond donors (Lipinski definition) is 0. The zero-order chi connectivity index (χ0) is 31.8. The fourth-order valence-corrected chi connectivity index (χ4v) is 14.5. The Kier molecular flexibility index (Phi) is 5.84. The first-order chi connectivity index (χ1) is 23.6. The van der Waals surface area contributed by atoms with Crippen LogP contribution in [0.1, 0.15) is 0 Å². The Morgan fingerprint density at radius 2 is 0.479 bits per heavy atom. The van der Waals surface area contributed by atoms with Gasteiger partial charge in [-0.3, -0.25) is 29.9 Å². The highest BCUT2D eigenvalue weighted by molar-refractivity contribution is 7.79. The van der Waals surface area contributed by atoms with Crippen LogP contribution in [0.4, 0.5) is 0 Å². The molecule has 0 N–H and O–H groups in total. The molecule has 15 nitrogen and oxygen atoms in total. The first-order valence-electron chi connectivity index (χ1n) is 14.4. The molecule has 0 bridgehead atoms. The van der Waals surface area contributed by atoms with Crippen molar-refractivity contribution in [2.24, 2.45) is 13.5 Å². The summed E-state index contributed by atoms with van der Waals surface area (Å²) in [4.78, 5) is 27.4. The summed E-state index contributed by atoms with van der Waals surface area (Å²) in [5.74, 6) is 1.95. The highest BCUT2D eigenvalue weighted by Gasteiger charge is 2.52. The smallest absolute Gasteiger partial charge is 0.411 e. The van der Waals surface area contributed by atoms with Crippen molar-refractivity contribution < 1.29 is 27.1 Å². The molecule has 234 valence electrons. The minimum absolute atomic E-state index is 0.326. The van der Waals surface area contributed by atoms with Gasteiger partial charge in [0.25, 0.3) is 0 Å². The lowest BCUT2D eigenvalue weighted by molar-refractivity contribution is 0.450. The summed E-state index contributed by atoms with van der Waals surface area (Å²) in [5.41, 5.74) is 2.65. The van der Waals surface area contributed by atoms with E-state index in [9.17, 15) is 0 Å². The summed E-state index contributed by atoms with van der Waals surface area (Å²) in [6.07, 6.45) is 9.84. The zero-order valence-corrected chi connectivity index (χ0v) is 26.9. The van der Waals surface area contributed by atoms with E-state index in [1.807, 2.05) is 0 Å². The summed E-state index contributed by atoms with van der Waals surface area (Å²) in [5, 5.41) is 0. The van der Waals surface area contributed by atoms with E-state index in [2.05, 4.69) is 29.9 Å². The monoisotopic (exact) mass is 693 g/mol. The molecule has 4 aliphatic rings. The van der Waals surface area contributed by atoms with Gasteiger partial charge in [-0.05, 0) is 72.8 Å². The minimum Gasteiger partial charge on any atom is -0.411 e. The average Bonchev–Trinajstić information content (AvgIpc) is 3.38. The van der Waals surface area contributed by atoms with Gasteiger partial charge in [0.1, 0.15) is 34.2 Å². The Balaban J connectivity index is 1.31. The molecule has 18 heteroatoms. The maximum Gasteiger partial charge on any atom is 0.461 e. The molecule has 10 heterocycles. The van der Waals surface area contributed by atoms with E-state index in [0.29, 0.717) is 68.7 Å². The van der Waals surface area contributed by atoms with Gasteiger partial charge in [-0.25, -0.2) is 0 Å². The Morgan fingerprint density at radius 3 is 0.667 bits per heavy atom. The van der Waals surface area contributed by atoms with Gasteiger partial charge in [0.2, 0.25) is 0 Å². The molecule has 0 radical (unpaired) electrons. The summed E-state index contributed by atoms with van der Waals surface area (Å²) in [6, 6.07) is 20.9.